The van der Waals surface area contributed by atoms with Crippen molar-refractivity contribution in [2.75, 3.05) is 19.8 Å². The molecule has 0 spiro atoms. The summed E-state index contributed by atoms with van der Waals surface area (Å²) in [5, 5.41) is 21.2. The standard InChI is InChI=1S/C16H19N3O5/c17-15(22)12-2-1-7-19(9-12)10-24-16(23)18-6-5-11-3-4-13(20)14(21)8-11/h1-4,7-8,20-21H,5-6,9-10H2,(H2,17,22)(H,18,23). The van der Waals surface area contributed by atoms with Crippen molar-refractivity contribution in [2.24, 2.45) is 5.73 Å². The second kappa shape index (κ2) is 7.91. The van der Waals surface area contributed by atoms with E-state index in [9.17, 15) is 19.8 Å². The summed E-state index contributed by atoms with van der Waals surface area (Å²) in [7, 11) is 0. The van der Waals surface area contributed by atoms with Gasteiger partial charge in [-0.1, -0.05) is 12.1 Å². The van der Waals surface area contributed by atoms with Crippen molar-refractivity contribution in [3.63, 3.8) is 0 Å². The van der Waals surface area contributed by atoms with E-state index in [-0.39, 0.29) is 24.8 Å². The maximum Gasteiger partial charge on any atom is 0.408 e. The SMILES string of the molecule is NC(=O)C1=CC=CN(COC(=O)NCCc2ccc(O)c(O)c2)C1. The summed E-state index contributed by atoms with van der Waals surface area (Å²) in [6.45, 7) is 0.587. The number of primary amides is 1. The number of allylic oxidation sites excluding steroid dienone is 2. The van der Waals surface area contributed by atoms with Crippen LogP contribution in [0.5, 0.6) is 11.5 Å². The first-order valence-electron chi connectivity index (χ1n) is 7.28. The van der Waals surface area contributed by atoms with E-state index in [1.807, 2.05) is 0 Å². The molecule has 8 nitrogen and oxygen atoms in total. The van der Waals surface area contributed by atoms with Crippen LogP contribution < -0.4 is 11.1 Å². The molecule has 1 aliphatic rings. The molecule has 0 aromatic heterocycles. The minimum absolute atomic E-state index is 0.00699. The molecule has 2 amide bonds. The van der Waals surface area contributed by atoms with Crippen LogP contribution in [0.15, 0.2) is 42.1 Å². The van der Waals surface area contributed by atoms with Gasteiger partial charge in [0.2, 0.25) is 5.91 Å². The van der Waals surface area contributed by atoms with Gasteiger partial charge in [-0.25, -0.2) is 4.79 Å². The van der Waals surface area contributed by atoms with Crippen molar-refractivity contribution < 1.29 is 24.5 Å². The lowest BCUT2D eigenvalue weighted by atomic mass is 10.1. The number of rotatable bonds is 6. The van der Waals surface area contributed by atoms with Crippen LogP contribution in [-0.2, 0) is 16.0 Å². The number of carbonyl (C=O) groups excluding carboxylic acids is 2. The summed E-state index contributed by atoms with van der Waals surface area (Å²) in [5.41, 5.74) is 6.41. The Morgan fingerprint density at radius 1 is 1.29 bits per heavy atom. The van der Waals surface area contributed by atoms with Crippen molar-refractivity contribution in [3.8, 4) is 11.5 Å². The fourth-order valence-corrected chi connectivity index (χ4v) is 2.08. The Morgan fingerprint density at radius 2 is 2.08 bits per heavy atom. The first-order valence-corrected chi connectivity index (χ1v) is 7.28. The number of nitrogens with one attached hydrogen (secondary N) is 1. The number of phenols is 2. The molecule has 1 heterocycles. The Bertz CT molecular complexity index is 684. The maximum atomic E-state index is 11.6. The molecule has 0 saturated heterocycles. The first kappa shape index (κ1) is 17.2. The van der Waals surface area contributed by atoms with Crippen LogP contribution in [0.3, 0.4) is 0 Å². The van der Waals surface area contributed by atoms with Gasteiger partial charge in [-0.05, 0) is 30.2 Å². The zero-order valence-corrected chi connectivity index (χ0v) is 12.9. The van der Waals surface area contributed by atoms with Crippen molar-refractivity contribution in [1.29, 1.82) is 0 Å². The highest BCUT2D eigenvalue weighted by atomic mass is 16.6. The molecule has 128 valence electrons. The number of benzene rings is 1. The zero-order valence-electron chi connectivity index (χ0n) is 12.9. The Labute approximate surface area is 138 Å². The third-order valence-corrected chi connectivity index (χ3v) is 3.37. The molecular weight excluding hydrogens is 314 g/mol. The second-order valence-electron chi connectivity index (χ2n) is 5.21. The summed E-state index contributed by atoms with van der Waals surface area (Å²) in [6.07, 6.45) is 4.84. The number of aromatic hydroxyl groups is 2. The van der Waals surface area contributed by atoms with Gasteiger partial charge in [0.15, 0.2) is 18.2 Å². The highest BCUT2D eigenvalue weighted by Gasteiger charge is 2.13. The number of alkyl carbamates (subject to hydrolysis) is 1. The van der Waals surface area contributed by atoms with Crippen molar-refractivity contribution >= 4 is 12.0 Å². The molecule has 5 N–H and O–H groups in total. The first-order chi connectivity index (χ1) is 11.5. The molecule has 1 aliphatic heterocycles. The van der Waals surface area contributed by atoms with Crippen LogP contribution in [0.25, 0.3) is 0 Å². The van der Waals surface area contributed by atoms with E-state index in [1.165, 1.54) is 12.1 Å². The maximum absolute atomic E-state index is 11.6. The van der Waals surface area contributed by atoms with Crippen LogP contribution in [0.2, 0.25) is 0 Å². The third kappa shape index (κ3) is 4.94. The summed E-state index contributed by atoms with van der Waals surface area (Å²) >= 11 is 0. The Kier molecular flexibility index (Phi) is 5.67. The smallest absolute Gasteiger partial charge is 0.408 e. The predicted octanol–water partition coefficient (Wildman–Crippen LogP) is 0.565. The lowest BCUT2D eigenvalue weighted by Gasteiger charge is -2.22. The number of amides is 2. The third-order valence-electron chi connectivity index (χ3n) is 3.37. The van der Waals surface area contributed by atoms with Gasteiger partial charge < -0.3 is 30.9 Å². The molecule has 0 saturated carbocycles. The highest BCUT2D eigenvalue weighted by Crippen LogP contribution is 2.24. The van der Waals surface area contributed by atoms with E-state index in [4.69, 9.17) is 10.5 Å². The normalized spacial score (nSPS) is 13.3. The molecule has 0 radical (unpaired) electrons. The van der Waals surface area contributed by atoms with Gasteiger partial charge in [-0.2, -0.15) is 0 Å². The van der Waals surface area contributed by atoms with Gasteiger partial charge >= 0.3 is 6.09 Å². The minimum atomic E-state index is -0.596. The number of hydrogen-bond donors (Lipinski definition) is 4. The molecule has 0 atom stereocenters. The summed E-state index contributed by atoms with van der Waals surface area (Å²) in [4.78, 5) is 24.4. The lowest BCUT2D eigenvalue weighted by molar-refractivity contribution is -0.114. The van der Waals surface area contributed by atoms with E-state index in [0.717, 1.165) is 5.56 Å². The number of nitrogens with zero attached hydrogens (tertiary/aromatic N) is 1. The van der Waals surface area contributed by atoms with E-state index < -0.39 is 12.0 Å². The van der Waals surface area contributed by atoms with Gasteiger partial charge in [0.1, 0.15) is 0 Å². The van der Waals surface area contributed by atoms with Crippen LogP contribution in [0, 0.1) is 0 Å². The summed E-state index contributed by atoms with van der Waals surface area (Å²) in [5.74, 6) is -0.902. The van der Waals surface area contributed by atoms with Gasteiger partial charge in [0.25, 0.3) is 0 Å². The van der Waals surface area contributed by atoms with E-state index >= 15 is 0 Å². The van der Waals surface area contributed by atoms with Crippen molar-refractivity contribution in [1.82, 2.24) is 10.2 Å². The Hall–Kier alpha value is -3.16. The fraction of sp³-hybridized carbons (Fsp3) is 0.250. The predicted molar refractivity (Wildman–Crippen MR) is 85.9 cm³/mol. The highest BCUT2D eigenvalue weighted by molar-refractivity contribution is 5.92. The Balaban J connectivity index is 1.68. The molecule has 0 aliphatic carbocycles. The Morgan fingerprint density at radius 3 is 2.79 bits per heavy atom. The van der Waals surface area contributed by atoms with Crippen LogP contribution in [-0.4, -0.2) is 46.9 Å². The average molecular weight is 333 g/mol. The molecule has 0 bridgehead atoms. The van der Waals surface area contributed by atoms with Gasteiger partial charge in [0.05, 0.1) is 6.54 Å². The lowest BCUT2D eigenvalue weighted by Crippen LogP contribution is -2.34. The monoisotopic (exact) mass is 333 g/mol. The molecule has 0 fully saturated rings. The number of phenolic OH excluding ortho intramolecular Hbond substituents is 2. The van der Waals surface area contributed by atoms with Crippen LogP contribution in [0.4, 0.5) is 4.79 Å². The van der Waals surface area contributed by atoms with E-state index in [1.54, 1.807) is 29.3 Å². The van der Waals surface area contributed by atoms with Crippen molar-refractivity contribution in [2.45, 2.75) is 6.42 Å². The molecule has 24 heavy (non-hydrogen) atoms. The van der Waals surface area contributed by atoms with Crippen molar-refractivity contribution in [3.05, 3.63) is 47.7 Å². The molecule has 1 aromatic rings. The minimum Gasteiger partial charge on any atom is -0.504 e. The second-order valence-corrected chi connectivity index (χ2v) is 5.21. The molecule has 2 rings (SSSR count). The summed E-state index contributed by atoms with van der Waals surface area (Å²) < 4.78 is 5.05. The van der Waals surface area contributed by atoms with Gasteiger partial charge in [-0.3, -0.25) is 4.79 Å². The van der Waals surface area contributed by atoms with Gasteiger partial charge in [-0.15, -0.1) is 0 Å². The van der Waals surface area contributed by atoms with Crippen LogP contribution in [0.1, 0.15) is 5.56 Å². The fourth-order valence-electron chi connectivity index (χ4n) is 2.08. The number of ether oxygens (including phenoxy) is 1. The van der Waals surface area contributed by atoms with E-state index in [2.05, 4.69) is 5.32 Å². The van der Waals surface area contributed by atoms with Gasteiger partial charge in [0, 0.05) is 18.3 Å². The zero-order chi connectivity index (χ0) is 17.5. The number of hydrogen-bond acceptors (Lipinski definition) is 6. The molecule has 0 unspecified atom stereocenters. The molecular formula is C16H19N3O5. The largest absolute Gasteiger partial charge is 0.504 e. The quantitative estimate of drug-likeness (QED) is 0.564. The molecule has 1 aromatic carbocycles. The van der Waals surface area contributed by atoms with E-state index in [0.29, 0.717) is 18.5 Å². The summed E-state index contributed by atoms with van der Waals surface area (Å²) in [6, 6.07) is 4.46. The number of nitrogens with two attached hydrogens (primary N) is 1. The topological polar surface area (TPSA) is 125 Å². The number of carbonyl (C=O) groups is 2. The van der Waals surface area contributed by atoms with Crippen LogP contribution >= 0.6 is 0 Å². The molecule has 8 heteroatoms. The average Bonchev–Trinajstić information content (AvgIpc) is 2.56.